The average molecular weight is 282 g/mol. The van der Waals surface area contributed by atoms with E-state index in [0.29, 0.717) is 0 Å². The highest BCUT2D eigenvalue weighted by atomic mass is 32.2. The zero-order valence-corrected chi connectivity index (χ0v) is 11.7. The van der Waals surface area contributed by atoms with Gasteiger partial charge in [-0.3, -0.25) is 4.55 Å². The molecule has 2 rings (SSSR count). The molecular formula is C14H18O4S. The SMILES string of the molecule is Cc1ccc(S(=O)(=O)O)cc1.Cc1ccccc1.O. The summed E-state index contributed by atoms with van der Waals surface area (Å²) in [5.74, 6) is 0. The lowest BCUT2D eigenvalue weighted by Gasteiger charge is -1.95. The molecule has 19 heavy (non-hydrogen) atoms. The molecule has 0 aliphatic carbocycles. The molecule has 0 aliphatic heterocycles. The lowest BCUT2D eigenvalue weighted by atomic mass is 10.2. The molecule has 0 bridgehead atoms. The van der Waals surface area contributed by atoms with Crippen molar-refractivity contribution in [2.75, 3.05) is 0 Å². The first-order chi connectivity index (χ1) is 8.39. The molecule has 5 heteroatoms. The first kappa shape index (κ1) is 17.3. The van der Waals surface area contributed by atoms with E-state index in [-0.39, 0.29) is 10.4 Å². The number of aryl methyl sites for hydroxylation is 2. The van der Waals surface area contributed by atoms with Crippen LogP contribution in [-0.2, 0) is 10.1 Å². The summed E-state index contributed by atoms with van der Waals surface area (Å²) < 4.78 is 29.6. The number of hydrogen-bond acceptors (Lipinski definition) is 2. The molecule has 0 aliphatic rings. The molecule has 4 nitrogen and oxygen atoms in total. The van der Waals surface area contributed by atoms with Crippen LogP contribution in [0.5, 0.6) is 0 Å². The minimum Gasteiger partial charge on any atom is -0.412 e. The molecule has 0 saturated carbocycles. The van der Waals surface area contributed by atoms with Gasteiger partial charge in [0.05, 0.1) is 4.90 Å². The minimum absolute atomic E-state index is 0. The van der Waals surface area contributed by atoms with Gasteiger partial charge in [-0.05, 0) is 26.0 Å². The highest BCUT2D eigenvalue weighted by Crippen LogP contribution is 2.08. The molecule has 0 saturated heterocycles. The predicted octanol–water partition coefficient (Wildman–Crippen LogP) is 2.41. The summed E-state index contributed by atoms with van der Waals surface area (Å²) in [6, 6.07) is 16.2. The predicted molar refractivity (Wildman–Crippen MR) is 75.8 cm³/mol. The van der Waals surface area contributed by atoms with Gasteiger partial charge in [-0.15, -0.1) is 0 Å². The molecule has 0 atom stereocenters. The van der Waals surface area contributed by atoms with Crippen LogP contribution in [0, 0.1) is 13.8 Å². The van der Waals surface area contributed by atoms with E-state index in [4.69, 9.17) is 4.55 Å². The molecule has 104 valence electrons. The van der Waals surface area contributed by atoms with Crippen molar-refractivity contribution in [3.05, 3.63) is 65.7 Å². The van der Waals surface area contributed by atoms with Crippen LogP contribution in [0.25, 0.3) is 0 Å². The van der Waals surface area contributed by atoms with Crippen molar-refractivity contribution in [1.82, 2.24) is 0 Å². The van der Waals surface area contributed by atoms with Crippen molar-refractivity contribution in [3.8, 4) is 0 Å². The van der Waals surface area contributed by atoms with Gasteiger partial charge < -0.3 is 5.48 Å². The quantitative estimate of drug-likeness (QED) is 0.815. The third-order valence-electron chi connectivity index (χ3n) is 2.26. The van der Waals surface area contributed by atoms with Crippen LogP contribution in [-0.4, -0.2) is 18.4 Å². The second-order valence-electron chi connectivity index (χ2n) is 3.94. The van der Waals surface area contributed by atoms with Crippen molar-refractivity contribution in [2.24, 2.45) is 0 Å². The maximum Gasteiger partial charge on any atom is 0.294 e. The van der Waals surface area contributed by atoms with Crippen molar-refractivity contribution in [1.29, 1.82) is 0 Å². The monoisotopic (exact) mass is 282 g/mol. The fourth-order valence-electron chi connectivity index (χ4n) is 1.24. The second-order valence-corrected chi connectivity index (χ2v) is 5.36. The Morgan fingerprint density at radius 3 is 1.53 bits per heavy atom. The van der Waals surface area contributed by atoms with Gasteiger partial charge in [-0.25, -0.2) is 0 Å². The molecule has 2 aromatic rings. The summed E-state index contributed by atoms with van der Waals surface area (Å²) in [6.45, 7) is 3.92. The van der Waals surface area contributed by atoms with Crippen LogP contribution in [0.15, 0.2) is 59.5 Å². The summed E-state index contributed by atoms with van der Waals surface area (Å²) in [6.07, 6.45) is 0. The van der Waals surface area contributed by atoms with E-state index in [1.54, 1.807) is 12.1 Å². The van der Waals surface area contributed by atoms with Crippen LogP contribution in [0.3, 0.4) is 0 Å². The van der Waals surface area contributed by atoms with E-state index >= 15 is 0 Å². The largest absolute Gasteiger partial charge is 0.412 e. The summed E-state index contributed by atoms with van der Waals surface area (Å²) in [4.78, 5) is -0.0666. The zero-order chi connectivity index (χ0) is 13.6. The van der Waals surface area contributed by atoms with Gasteiger partial charge in [0.25, 0.3) is 10.1 Å². The van der Waals surface area contributed by atoms with Crippen molar-refractivity contribution >= 4 is 10.1 Å². The van der Waals surface area contributed by atoms with Crippen molar-refractivity contribution in [2.45, 2.75) is 18.7 Å². The van der Waals surface area contributed by atoms with Gasteiger partial charge in [0.15, 0.2) is 0 Å². The van der Waals surface area contributed by atoms with Crippen molar-refractivity contribution < 1.29 is 18.4 Å². The Kier molecular flexibility index (Phi) is 7.00. The van der Waals surface area contributed by atoms with E-state index < -0.39 is 10.1 Å². The molecule has 0 spiro atoms. The first-order valence-corrected chi connectivity index (χ1v) is 6.89. The standard InChI is InChI=1S/C7H8O3S.C7H8.H2O/c1-6-2-4-7(5-3-6)11(8,9)10;1-7-5-3-2-4-6-7;/h2-5H,1H3,(H,8,9,10);2-6H,1H3;1H2. The lowest BCUT2D eigenvalue weighted by molar-refractivity contribution is 0.483. The highest BCUT2D eigenvalue weighted by Gasteiger charge is 2.06. The Morgan fingerprint density at radius 2 is 1.21 bits per heavy atom. The molecule has 0 radical (unpaired) electrons. The van der Waals surface area contributed by atoms with Crippen LogP contribution in [0.4, 0.5) is 0 Å². The second kappa shape index (κ2) is 7.68. The molecule has 0 aromatic heterocycles. The van der Waals surface area contributed by atoms with Crippen LogP contribution in [0.1, 0.15) is 11.1 Å². The van der Waals surface area contributed by atoms with Gasteiger partial charge in [-0.2, -0.15) is 8.42 Å². The number of hydrogen-bond donors (Lipinski definition) is 1. The van der Waals surface area contributed by atoms with Gasteiger partial charge in [-0.1, -0.05) is 53.6 Å². The minimum atomic E-state index is -4.02. The summed E-state index contributed by atoms with van der Waals surface area (Å²) >= 11 is 0. The van der Waals surface area contributed by atoms with E-state index in [9.17, 15) is 8.42 Å². The number of rotatable bonds is 1. The third-order valence-corrected chi connectivity index (χ3v) is 3.13. The molecule has 0 heterocycles. The van der Waals surface area contributed by atoms with Gasteiger partial charge in [0, 0.05) is 0 Å². The fourth-order valence-corrected chi connectivity index (χ4v) is 1.72. The smallest absolute Gasteiger partial charge is 0.294 e. The summed E-state index contributed by atoms with van der Waals surface area (Å²) in [7, 11) is -4.02. The van der Waals surface area contributed by atoms with Gasteiger partial charge >= 0.3 is 0 Å². The lowest BCUT2D eigenvalue weighted by Crippen LogP contribution is -1.96. The van der Waals surface area contributed by atoms with Crippen LogP contribution < -0.4 is 0 Å². The third kappa shape index (κ3) is 6.71. The fraction of sp³-hybridized carbons (Fsp3) is 0.143. The van der Waals surface area contributed by atoms with E-state index in [0.717, 1.165) is 5.56 Å². The topological polar surface area (TPSA) is 85.9 Å². The van der Waals surface area contributed by atoms with Gasteiger partial charge in [0.2, 0.25) is 0 Å². The Hall–Kier alpha value is -1.69. The first-order valence-electron chi connectivity index (χ1n) is 5.45. The summed E-state index contributed by atoms with van der Waals surface area (Å²) in [5.41, 5.74) is 2.28. The number of benzene rings is 2. The van der Waals surface area contributed by atoms with Gasteiger partial charge in [0.1, 0.15) is 0 Å². The normalized spacial score (nSPS) is 9.84. The maximum absolute atomic E-state index is 10.5. The molecule has 0 amide bonds. The van der Waals surface area contributed by atoms with Crippen molar-refractivity contribution in [3.63, 3.8) is 0 Å². The van der Waals surface area contributed by atoms with Crippen LogP contribution >= 0.6 is 0 Å². The highest BCUT2D eigenvalue weighted by molar-refractivity contribution is 7.85. The Bertz CT molecular complexity index is 575. The zero-order valence-electron chi connectivity index (χ0n) is 10.9. The molecule has 2 aromatic carbocycles. The molecule has 0 unspecified atom stereocenters. The molecular weight excluding hydrogens is 264 g/mol. The average Bonchev–Trinajstić information content (AvgIpc) is 2.30. The Balaban J connectivity index is 0.000000352. The Morgan fingerprint density at radius 1 is 0.789 bits per heavy atom. The van der Waals surface area contributed by atoms with E-state index in [2.05, 4.69) is 19.1 Å². The molecule has 3 N–H and O–H groups in total. The Labute approximate surface area is 113 Å². The van der Waals surface area contributed by atoms with E-state index in [1.807, 2.05) is 25.1 Å². The molecule has 0 fully saturated rings. The maximum atomic E-state index is 10.5. The van der Waals surface area contributed by atoms with E-state index in [1.165, 1.54) is 17.7 Å². The summed E-state index contributed by atoms with van der Waals surface area (Å²) in [5, 5.41) is 0. The van der Waals surface area contributed by atoms with Crippen LogP contribution in [0.2, 0.25) is 0 Å².